The minimum Gasteiger partial charge on any atom is -0.323 e. The lowest BCUT2D eigenvalue weighted by Gasteiger charge is -2.13. The van der Waals surface area contributed by atoms with Gasteiger partial charge in [-0.15, -0.1) is 0 Å². The summed E-state index contributed by atoms with van der Waals surface area (Å²) in [4.78, 5) is 0. The second kappa shape index (κ2) is 4.47. The van der Waals surface area contributed by atoms with Gasteiger partial charge in [-0.3, -0.25) is 0 Å². The zero-order valence-electron chi connectivity index (χ0n) is 9.63. The van der Waals surface area contributed by atoms with Crippen molar-refractivity contribution in [1.29, 1.82) is 0 Å². The van der Waals surface area contributed by atoms with E-state index in [1.165, 1.54) is 6.26 Å². The predicted octanol–water partition coefficient (Wildman–Crippen LogP) is 1.88. The Labute approximate surface area is 101 Å². The molecule has 0 heterocycles. The van der Waals surface area contributed by atoms with Crippen molar-refractivity contribution in [2.45, 2.75) is 6.04 Å². The maximum absolute atomic E-state index is 11.3. The minimum absolute atomic E-state index is 0.0268. The van der Waals surface area contributed by atoms with Gasteiger partial charge >= 0.3 is 0 Å². The van der Waals surface area contributed by atoms with E-state index in [0.29, 0.717) is 0 Å². The van der Waals surface area contributed by atoms with Crippen LogP contribution in [0.5, 0.6) is 0 Å². The van der Waals surface area contributed by atoms with Crippen molar-refractivity contribution in [3.8, 4) is 0 Å². The van der Waals surface area contributed by atoms with Crippen LogP contribution in [-0.4, -0.2) is 20.4 Å². The number of rotatable bonds is 3. The maximum atomic E-state index is 11.3. The van der Waals surface area contributed by atoms with Gasteiger partial charge in [0.15, 0.2) is 0 Å². The number of fused-ring (bicyclic) bond motifs is 1. The first-order valence-corrected chi connectivity index (χ1v) is 7.44. The Morgan fingerprint density at radius 1 is 1.12 bits per heavy atom. The molecule has 2 aromatic carbocycles. The molecule has 0 saturated heterocycles. The third kappa shape index (κ3) is 2.84. The van der Waals surface area contributed by atoms with Gasteiger partial charge in [-0.05, 0) is 16.3 Å². The summed E-state index contributed by atoms with van der Waals surface area (Å²) in [5.41, 5.74) is 6.85. The fourth-order valence-corrected chi connectivity index (χ4v) is 2.82. The van der Waals surface area contributed by atoms with E-state index < -0.39 is 15.9 Å². The highest BCUT2D eigenvalue weighted by Gasteiger charge is 2.14. The summed E-state index contributed by atoms with van der Waals surface area (Å²) in [6, 6.07) is 13.1. The summed E-state index contributed by atoms with van der Waals surface area (Å²) in [5, 5.41) is 2.10. The predicted molar refractivity (Wildman–Crippen MR) is 70.6 cm³/mol. The van der Waals surface area contributed by atoms with Crippen molar-refractivity contribution < 1.29 is 8.42 Å². The van der Waals surface area contributed by atoms with Crippen molar-refractivity contribution in [1.82, 2.24) is 0 Å². The van der Waals surface area contributed by atoms with Crippen molar-refractivity contribution >= 4 is 20.6 Å². The largest absolute Gasteiger partial charge is 0.323 e. The molecule has 2 aromatic rings. The summed E-state index contributed by atoms with van der Waals surface area (Å²) in [7, 11) is -3.07. The topological polar surface area (TPSA) is 60.2 Å². The van der Waals surface area contributed by atoms with Crippen molar-refractivity contribution in [2.75, 3.05) is 12.0 Å². The van der Waals surface area contributed by atoms with Crippen LogP contribution in [0.4, 0.5) is 0 Å². The van der Waals surface area contributed by atoms with Crippen LogP contribution in [0.3, 0.4) is 0 Å². The summed E-state index contributed by atoms with van der Waals surface area (Å²) in [6.45, 7) is 0. The Balaban J connectivity index is 2.48. The summed E-state index contributed by atoms with van der Waals surface area (Å²) >= 11 is 0. The molecule has 0 bridgehead atoms. The molecular formula is C13H15NO2S. The van der Waals surface area contributed by atoms with E-state index >= 15 is 0 Å². The molecule has 0 aliphatic heterocycles. The van der Waals surface area contributed by atoms with Crippen LogP contribution in [0.1, 0.15) is 11.6 Å². The van der Waals surface area contributed by atoms with E-state index in [9.17, 15) is 8.42 Å². The van der Waals surface area contributed by atoms with E-state index in [-0.39, 0.29) is 5.75 Å². The Bertz CT molecular complexity index is 629. The molecule has 4 heteroatoms. The van der Waals surface area contributed by atoms with Crippen LogP contribution in [0.15, 0.2) is 42.5 Å². The van der Waals surface area contributed by atoms with Gasteiger partial charge in [-0.1, -0.05) is 42.5 Å². The second-order valence-electron chi connectivity index (χ2n) is 4.27. The molecule has 2 rings (SSSR count). The van der Waals surface area contributed by atoms with E-state index in [2.05, 4.69) is 0 Å². The van der Waals surface area contributed by atoms with Crippen molar-refractivity contribution in [3.05, 3.63) is 48.0 Å². The lowest BCUT2D eigenvalue weighted by Crippen LogP contribution is -2.21. The van der Waals surface area contributed by atoms with Crippen LogP contribution in [0, 0.1) is 0 Å². The zero-order chi connectivity index (χ0) is 12.5. The summed E-state index contributed by atoms with van der Waals surface area (Å²) in [5.74, 6) is -0.0268. The molecule has 0 fully saturated rings. The van der Waals surface area contributed by atoms with Crippen LogP contribution in [0.25, 0.3) is 10.8 Å². The highest BCUT2D eigenvalue weighted by Crippen LogP contribution is 2.23. The smallest absolute Gasteiger partial charge is 0.149 e. The first-order valence-electron chi connectivity index (χ1n) is 5.38. The third-order valence-corrected chi connectivity index (χ3v) is 3.67. The van der Waals surface area contributed by atoms with E-state index in [1.54, 1.807) is 0 Å². The third-order valence-electron chi connectivity index (χ3n) is 2.71. The molecule has 90 valence electrons. The molecule has 3 nitrogen and oxygen atoms in total. The lowest BCUT2D eigenvalue weighted by molar-refractivity contribution is 0.595. The number of nitrogens with two attached hydrogens (primary N) is 1. The Morgan fingerprint density at radius 2 is 1.76 bits per heavy atom. The average Bonchev–Trinajstić information content (AvgIpc) is 2.26. The normalized spacial score (nSPS) is 13.8. The number of hydrogen-bond donors (Lipinski definition) is 1. The Morgan fingerprint density at radius 3 is 2.47 bits per heavy atom. The SMILES string of the molecule is CS(=O)(=O)CC(N)c1cccc2ccccc12. The first-order chi connectivity index (χ1) is 7.97. The molecule has 0 amide bonds. The summed E-state index contributed by atoms with van der Waals surface area (Å²) in [6.07, 6.45) is 1.21. The summed E-state index contributed by atoms with van der Waals surface area (Å²) < 4.78 is 22.5. The lowest BCUT2D eigenvalue weighted by atomic mass is 10.0. The molecule has 0 aliphatic carbocycles. The number of sulfone groups is 1. The molecule has 0 aromatic heterocycles. The van der Waals surface area contributed by atoms with Crippen LogP contribution < -0.4 is 5.73 Å². The van der Waals surface area contributed by atoms with Gasteiger partial charge in [0.25, 0.3) is 0 Å². The number of hydrogen-bond acceptors (Lipinski definition) is 3. The highest BCUT2D eigenvalue weighted by atomic mass is 32.2. The van der Waals surface area contributed by atoms with Crippen LogP contribution >= 0.6 is 0 Å². The first kappa shape index (κ1) is 12.1. The highest BCUT2D eigenvalue weighted by molar-refractivity contribution is 7.90. The van der Waals surface area contributed by atoms with Gasteiger partial charge in [0.2, 0.25) is 0 Å². The monoisotopic (exact) mass is 249 g/mol. The molecule has 0 aliphatic rings. The van der Waals surface area contributed by atoms with E-state index in [0.717, 1.165) is 16.3 Å². The molecule has 1 atom stereocenters. The Hall–Kier alpha value is -1.39. The molecule has 2 N–H and O–H groups in total. The molecule has 0 spiro atoms. The minimum atomic E-state index is -3.07. The molecule has 0 radical (unpaired) electrons. The zero-order valence-corrected chi connectivity index (χ0v) is 10.4. The van der Waals surface area contributed by atoms with E-state index in [1.807, 2.05) is 42.5 Å². The average molecular weight is 249 g/mol. The molecule has 0 saturated carbocycles. The van der Waals surface area contributed by atoms with Crippen LogP contribution in [0.2, 0.25) is 0 Å². The van der Waals surface area contributed by atoms with Gasteiger partial charge in [0.1, 0.15) is 9.84 Å². The fraction of sp³-hybridized carbons (Fsp3) is 0.231. The Kier molecular flexibility index (Phi) is 3.17. The van der Waals surface area contributed by atoms with Gasteiger partial charge < -0.3 is 5.73 Å². The van der Waals surface area contributed by atoms with Gasteiger partial charge in [0, 0.05) is 12.3 Å². The van der Waals surface area contributed by atoms with Gasteiger partial charge in [-0.25, -0.2) is 8.42 Å². The number of benzene rings is 2. The second-order valence-corrected chi connectivity index (χ2v) is 6.45. The standard InChI is InChI=1S/C13H15NO2S/c1-17(15,16)9-13(14)12-8-4-6-10-5-2-3-7-11(10)12/h2-8,13H,9,14H2,1H3. The van der Waals surface area contributed by atoms with Gasteiger partial charge in [0.05, 0.1) is 5.75 Å². The molecule has 17 heavy (non-hydrogen) atoms. The fourth-order valence-electron chi connectivity index (χ4n) is 1.99. The maximum Gasteiger partial charge on any atom is 0.149 e. The van der Waals surface area contributed by atoms with E-state index in [4.69, 9.17) is 5.73 Å². The van der Waals surface area contributed by atoms with Crippen LogP contribution in [-0.2, 0) is 9.84 Å². The molecular weight excluding hydrogens is 234 g/mol. The van der Waals surface area contributed by atoms with Crippen molar-refractivity contribution in [3.63, 3.8) is 0 Å². The van der Waals surface area contributed by atoms with Gasteiger partial charge in [-0.2, -0.15) is 0 Å². The van der Waals surface area contributed by atoms with Crippen molar-refractivity contribution in [2.24, 2.45) is 5.73 Å². The quantitative estimate of drug-likeness (QED) is 0.903. The molecule has 1 unspecified atom stereocenters.